The van der Waals surface area contributed by atoms with Crippen molar-refractivity contribution in [3.05, 3.63) is 28.5 Å². The van der Waals surface area contributed by atoms with Gasteiger partial charge in [0.25, 0.3) is 5.91 Å². The second-order valence-corrected chi connectivity index (χ2v) is 5.21. The van der Waals surface area contributed by atoms with E-state index in [-0.39, 0.29) is 5.91 Å². The Morgan fingerprint density at radius 2 is 2.21 bits per heavy atom. The number of esters is 1. The van der Waals surface area contributed by atoms with E-state index in [9.17, 15) is 9.59 Å². The van der Waals surface area contributed by atoms with Crippen LogP contribution in [0.2, 0.25) is 0 Å². The number of hydrogen-bond acceptors (Lipinski definition) is 4. The molecule has 6 heteroatoms. The Morgan fingerprint density at radius 1 is 1.53 bits per heavy atom. The number of nitrogens with one attached hydrogen (secondary N) is 1. The molecule has 1 atom stereocenters. The van der Waals surface area contributed by atoms with Gasteiger partial charge in [-0.1, -0.05) is 13.3 Å². The highest BCUT2D eigenvalue weighted by Gasteiger charge is 2.35. The van der Waals surface area contributed by atoms with Gasteiger partial charge in [-0.25, -0.2) is 9.78 Å². The van der Waals surface area contributed by atoms with Gasteiger partial charge in [0.05, 0.1) is 7.11 Å². The molecule has 0 bridgehead atoms. The minimum absolute atomic E-state index is 0.329. The van der Waals surface area contributed by atoms with Crippen LogP contribution in [0, 0.1) is 0 Å². The van der Waals surface area contributed by atoms with Crippen molar-refractivity contribution in [1.82, 2.24) is 10.3 Å². The summed E-state index contributed by atoms with van der Waals surface area (Å²) in [7, 11) is 1.31. The molecule has 0 aromatic carbocycles. The molecule has 0 fully saturated rings. The fraction of sp³-hybridized carbons (Fsp3) is 0.462. The molecule has 0 radical (unpaired) electrons. The van der Waals surface area contributed by atoms with Crippen molar-refractivity contribution < 1.29 is 14.3 Å². The van der Waals surface area contributed by atoms with Gasteiger partial charge in [-0.05, 0) is 41.4 Å². The second kappa shape index (κ2) is 6.65. The summed E-state index contributed by atoms with van der Waals surface area (Å²) in [4.78, 5) is 27.9. The maximum absolute atomic E-state index is 12.1. The lowest BCUT2D eigenvalue weighted by Gasteiger charge is -2.27. The average molecular weight is 329 g/mol. The minimum atomic E-state index is -1.02. The molecule has 0 aliphatic heterocycles. The highest BCUT2D eigenvalue weighted by Crippen LogP contribution is 2.16. The largest absolute Gasteiger partial charge is 0.467 e. The van der Waals surface area contributed by atoms with Crippen molar-refractivity contribution in [3.63, 3.8) is 0 Å². The highest BCUT2D eigenvalue weighted by atomic mass is 79.9. The monoisotopic (exact) mass is 328 g/mol. The van der Waals surface area contributed by atoms with Gasteiger partial charge in [0, 0.05) is 11.8 Å². The van der Waals surface area contributed by atoms with E-state index >= 15 is 0 Å². The fourth-order valence-electron chi connectivity index (χ4n) is 1.81. The van der Waals surface area contributed by atoms with Gasteiger partial charge < -0.3 is 10.1 Å². The molecule has 0 saturated heterocycles. The molecule has 0 aliphatic carbocycles. The first-order valence-corrected chi connectivity index (χ1v) is 6.74. The van der Waals surface area contributed by atoms with E-state index in [1.807, 2.05) is 6.92 Å². The van der Waals surface area contributed by atoms with E-state index < -0.39 is 11.5 Å². The van der Waals surface area contributed by atoms with E-state index in [0.29, 0.717) is 16.6 Å². The van der Waals surface area contributed by atoms with Crippen LogP contribution in [0.1, 0.15) is 37.0 Å². The van der Waals surface area contributed by atoms with Crippen molar-refractivity contribution in [2.24, 2.45) is 0 Å². The first kappa shape index (κ1) is 15.6. The molecular formula is C13H17BrN2O3. The maximum Gasteiger partial charge on any atom is 0.331 e. The van der Waals surface area contributed by atoms with Crippen LogP contribution in [0.15, 0.2) is 22.9 Å². The van der Waals surface area contributed by atoms with Crippen LogP contribution in [0.3, 0.4) is 0 Å². The number of halogens is 1. The Kier molecular flexibility index (Phi) is 5.47. The van der Waals surface area contributed by atoms with Crippen LogP contribution in [0.25, 0.3) is 0 Å². The van der Waals surface area contributed by atoms with Gasteiger partial charge in [0.15, 0.2) is 0 Å². The lowest BCUT2D eigenvalue weighted by molar-refractivity contribution is -0.147. The first-order valence-electron chi connectivity index (χ1n) is 5.95. The van der Waals surface area contributed by atoms with Gasteiger partial charge in [0.1, 0.15) is 10.1 Å². The van der Waals surface area contributed by atoms with Gasteiger partial charge in [0.2, 0.25) is 0 Å². The van der Waals surface area contributed by atoms with E-state index in [1.54, 1.807) is 19.1 Å². The van der Waals surface area contributed by atoms with Crippen molar-refractivity contribution in [3.8, 4) is 0 Å². The predicted molar refractivity (Wildman–Crippen MR) is 74.7 cm³/mol. The van der Waals surface area contributed by atoms with Gasteiger partial charge in [-0.15, -0.1) is 0 Å². The summed E-state index contributed by atoms with van der Waals surface area (Å²) in [5.74, 6) is -0.778. The molecule has 1 rings (SSSR count). The molecule has 1 amide bonds. The number of methoxy groups -OCH3 is 1. The molecule has 5 nitrogen and oxygen atoms in total. The minimum Gasteiger partial charge on any atom is -0.467 e. The number of pyridine rings is 1. The Hall–Kier alpha value is -1.43. The Bertz CT molecular complexity index is 479. The highest BCUT2D eigenvalue weighted by molar-refractivity contribution is 9.10. The van der Waals surface area contributed by atoms with Crippen LogP contribution >= 0.6 is 15.9 Å². The van der Waals surface area contributed by atoms with Crippen LogP contribution in [0.5, 0.6) is 0 Å². The predicted octanol–water partition coefficient (Wildman–Crippen LogP) is 2.31. The van der Waals surface area contributed by atoms with Crippen LogP contribution in [0.4, 0.5) is 0 Å². The molecule has 1 aromatic heterocycles. The normalized spacial score (nSPS) is 13.5. The number of hydrogen-bond donors (Lipinski definition) is 1. The molecule has 1 N–H and O–H groups in total. The third-order valence-electron chi connectivity index (χ3n) is 2.76. The number of carbonyl (C=O) groups excluding carboxylic acids is 2. The Morgan fingerprint density at radius 3 is 2.74 bits per heavy atom. The molecule has 104 valence electrons. The molecule has 0 saturated carbocycles. The summed E-state index contributed by atoms with van der Waals surface area (Å²) < 4.78 is 5.32. The lowest BCUT2D eigenvalue weighted by atomic mass is 9.95. The van der Waals surface area contributed by atoms with Gasteiger partial charge in [-0.2, -0.15) is 0 Å². The summed E-state index contributed by atoms with van der Waals surface area (Å²) in [6.45, 7) is 3.60. The Labute approximate surface area is 120 Å². The van der Waals surface area contributed by atoms with Gasteiger partial charge >= 0.3 is 5.97 Å². The number of nitrogens with zero attached hydrogens (tertiary/aromatic N) is 1. The average Bonchev–Trinajstić information content (AvgIpc) is 2.37. The number of carbonyl (C=O) groups is 2. The molecule has 1 heterocycles. The van der Waals surface area contributed by atoms with Crippen molar-refractivity contribution in [1.29, 1.82) is 0 Å². The van der Waals surface area contributed by atoms with Crippen LogP contribution in [-0.2, 0) is 9.53 Å². The SMILES string of the molecule is CCCC(C)(NC(=O)c1ccnc(Br)c1)C(=O)OC. The second-order valence-electron chi connectivity index (χ2n) is 4.40. The summed E-state index contributed by atoms with van der Waals surface area (Å²) >= 11 is 3.20. The third kappa shape index (κ3) is 4.02. The first-order chi connectivity index (χ1) is 8.92. The van der Waals surface area contributed by atoms with E-state index in [1.165, 1.54) is 13.3 Å². The maximum atomic E-state index is 12.1. The number of rotatable bonds is 5. The fourth-order valence-corrected chi connectivity index (χ4v) is 2.17. The standard InChI is InChI=1S/C13H17BrN2O3/c1-4-6-13(2,12(18)19-3)16-11(17)9-5-7-15-10(14)8-9/h5,7-8H,4,6H2,1-3H3,(H,16,17). The van der Waals surface area contributed by atoms with Crippen LogP contribution < -0.4 is 5.32 Å². The zero-order valence-corrected chi connectivity index (χ0v) is 12.8. The van der Waals surface area contributed by atoms with E-state index in [0.717, 1.165) is 6.42 Å². The molecule has 1 aromatic rings. The molecule has 19 heavy (non-hydrogen) atoms. The topological polar surface area (TPSA) is 68.3 Å². The number of amides is 1. The van der Waals surface area contributed by atoms with E-state index in [4.69, 9.17) is 4.74 Å². The van der Waals surface area contributed by atoms with E-state index in [2.05, 4.69) is 26.2 Å². The number of aromatic nitrogens is 1. The zero-order valence-electron chi connectivity index (χ0n) is 11.2. The van der Waals surface area contributed by atoms with Crippen molar-refractivity contribution in [2.45, 2.75) is 32.2 Å². The Balaban J connectivity index is 2.91. The third-order valence-corrected chi connectivity index (χ3v) is 3.20. The summed E-state index contributed by atoms with van der Waals surface area (Å²) in [5, 5.41) is 2.73. The quantitative estimate of drug-likeness (QED) is 0.665. The lowest BCUT2D eigenvalue weighted by Crippen LogP contribution is -2.52. The van der Waals surface area contributed by atoms with Gasteiger partial charge in [-0.3, -0.25) is 4.79 Å². The summed E-state index contributed by atoms with van der Waals surface area (Å²) in [6, 6.07) is 3.18. The summed E-state index contributed by atoms with van der Waals surface area (Å²) in [5.41, 5.74) is -0.579. The number of ether oxygens (including phenoxy) is 1. The molecule has 0 aliphatic rings. The molecular weight excluding hydrogens is 312 g/mol. The van der Waals surface area contributed by atoms with Crippen molar-refractivity contribution in [2.75, 3.05) is 7.11 Å². The van der Waals surface area contributed by atoms with Crippen molar-refractivity contribution >= 4 is 27.8 Å². The van der Waals surface area contributed by atoms with Crippen LogP contribution in [-0.4, -0.2) is 29.5 Å². The molecule has 1 unspecified atom stereocenters. The zero-order chi connectivity index (χ0) is 14.5. The molecule has 0 spiro atoms. The smallest absolute Gasteiger partial charge is 0.331 e. The summed E-state index contributed by atoms with van der Waals surface area (Å²) in [6.07, 6.45) is 2.79.